The van der Waals surface area contributed by atoms with Gasteiger partial charge in [-0.05, 0) is 65.2 Å². The van der Waals surface area contributed by atoms with Crippen molar-refractivity contribution in [2.24, 2.45) is 5.73 Å². The molecule has 38 heavy (non-hydrogen) atoms. The average Bonchev–Trinajstić information content (AvgIpc) is 2.93. The first-order valence-electron chi connectivity index (χ1n) is 11.3. The number of carbonyl (C=O) groups is 1. The molecule has 11 heteroatoms. The largest absolute Gasteiger partial charge is 0.492 e. The van der Waals surface area contributed by atoms with Crippen LogP contribution < -0.4 is 10.5 Å². The molecule has 5 N–H and O–H groups in total. The lowest BCUT2D eigenvalue weighted by Crippen LogP contribution is -2.14. The van der Waals surface area contributed by atoms with Gasteiger partial charge in [-0.3, -0.25) is 14.7 Å². The van der Waals surface area contributed by atoms with E-state index >= 15 is 0 Å². The Bertz CT molecular complexity index is 1810. The minimum absolute atomic E-state index is 0.158. The predicted octanol–water partition coefficient (Wildman–Crippen LogP) is 4.02. The molecule has 0 aliphatic rings. The van der Waals surface area contributed by atoms with Gasteiger partial charge in [0.1, 0.15) is 5.69 Å². The van der Waals surface area contributed by atoms with Crippen molar-refractivity contribution in [2.45, 2.75) is 11.4 Å². The first kappa shape index (κ1) is 24.8. The van der Waals surface area contributed by atoms with Gasteiger partial charge in [0.25, 0.3) is 10.0 Å². The fourth-order valence-electron chi connectivity index (χ4n) is 4.01. The minimum Gasteiger partial charge on any atom is -0.492 e. The van der Waals surface area contributed by atoms with E-state index in [0.717, 1.165) is 33.7 Å². The molecule has 3 heterocycles. The number of rotatable bonds is 7. The average molecular weight is 528 g/mol. The van der Waals surface area contributed by atoms with E-state index in [-0.39, 0.29) is 16.1 Å². The molecule has 3 aromatic heterocycles. The molecule has 0 aliphatic heterocycles. The number of aromatic hydroxyl groups is 1. The standard InChI is InChI=1S/C27H21N5O5S/c28-12-16-8-20(14-29-13-16)22-6-7-30-24-5-4-17(10-23(22)24)19-11-25(26(33)31-15-19)32-38(36,37)21-3-1-2-18(9-21)27(34)35/h1-11,13-15,32H,12,28H2,(H,31,33)(H,34,35). The Hall–Kier alpha value is -4.87. The summed E-state index contributed by atoms with van der Waals surface area (Å²) in [6.07, 6.45) is 6.59. The highest BCUT2D eigenvalue weighted by Crippen LogP contribution is 2.34. The van der Waals surface area contributed by atoms with Gasteiger partial charge < -0.3 is 15.9 Å². The van der Waals surface area contributed by atoms with Gasteiger partial charge in [-0.25, -0.2) is 18.2 Å². The molecule has 0 fully saturated rings. The van der Waals surface area contributed by atoms with Crippen molar-refractivity contribution in [3.05, 3.63) is 96.6 Å². The summed E-state index contributed by atoms with van der Waals surface area (Å²) in [5, 5.41) is 20.3. The first-order valence-corrected chi connectivity index (χ1v) is 12.8. The van der Waals surface area contributed by atoms with E-state index in [1.165, 1.54) is 30.5 Å². The van der Waals surface area contributed by atoms with Crippen LogP contribution in [-0.4, -0.2) is 39.6 Å². The van der Waals surface area contributed by atoms with Crippen LogP contribution in [0.5, 0.6) is 5.88 Å². The predicted molar refractivity (Wildman–Crippen MR) is 142 cm³/mol. The van der Waals surface area contributed by atoms with E-state index in [1.54, 1.807) is 18.6 Å². The van der Waals surface area contributed by atoms with Crippen molar-refractivity contribution in [1.82, 2.24) is 15.0 Å². The van der Waals surface area contributed by atoms with Gasteiger partial charge in [0.2, 0.25) is 5.88 Å². The maximum absolute atomic E-state index is 12.9. The fourth-order valence-corrected chi connectivity index (χ4v) is 5.11. The number of hydrogen-bond donors (Lipinski definition) is 4. The Morgan fingerprint density at radius 2 is 1.76 bits per heavy atom. The molecule has 0 aliphatic carbocycles. The van der Waals surface area contributed by atoms with Crippen LogP contribution in [0, 0.1) is 0 Å². The Morgan fingerprint density at radius 1 is 0.921 bits per heavy atom. The number of hydrogen-bond acceptors (Lipinski definition) is 8. The van der Waals surface area contributed by atoms with Crippen molar-refractivity contribution in [2.75, 3.05) is 4.72 Å². The van der Waals surface area contributed by atoms with Crippen molar-refractivity contribution >= 4 is 32.6 Å². The molecule has 5 aromatic rings. The second-order valence-corrected chi connectivity index (χ2v) is 10.1. The summed E-state index contributed by atoms with van der Waals surface area (Å²) in [6, 6.07) is 15.7. The lowest BCUT2D eigenvalue weighted by atomic mass is 9.98. The van der Waals surface area contributed by atoms with E-state index in [1.807, 2.05) is 30.3 Å². The molecule has 190 valence electrons. The molecule has 0 radical (unpaired) electrons. The number of anilines is 1. The number of sulfonamides is 1. The topological polar surface area (TPSA) is 168 Å². The maximum Gasteiger partial charge on any atom is 0.335 e. The third kappa shape index (κ3) is 4.88. The van der Waals surface area contributed by atoms with Gasteiger partial charge in [0, 0.05) is 47.8 Å². The number of nitrogens with one attached hydrogen (secondary N) is 1. The van der Waals surface area contributed by atoms with Crippen molar-refractivity contribution in [3.63, 3.8) is 0 Å². The molecule has 0 bridgehead atoms. The summed E-state index contributed by atoms with van der Waals surface area (Å²) in [5.41, 5.74) is 10.1. The Labute approximate surface area is 217 Å². The van der Waals surface area contributed by atoms with Crippen molar-refractivity contribution < 1.29 is 23.4 Å². The highest BCUT2D eigenvalue weighted by molar-refractivity contribution is 7.92. The number of aromatic carboxylic acids is 1. The van der Waals surface area contributed by atoms with Crippen molar-refractivity contribution in [3.8, 4) is 28.1 Å². The Kier molecular flexibility index (Phi) is 6.45. The number of nitrogens with zero attached hydrogens (tertiary/aromatic N) is 3. The van der Waals surface area contributed by atoms with Gasteiger partial charge in [-0.1, -0.05) is 12.1 Å². The molecule has 2 aromatic carbocycles. The van der Waals surface area contributed by atoms with E-state index in [9.17, 15) is 23.4 Å². The van der Waals surface area contributed by atoms with Crippen LogP contribution in [0.15, 0.2) is 90.3 Å². The molecule has 0 atom stereocenters. The fraction of sp³-hybridized carbons (Fsp3) is 0.0370. The van der Waals surface area contributed by atoms with Crippen LogP contribution in [0.3, 0.4) is 0 Å². The lowest BCUT2D eigenvalue weighted by molar-refractivity contribution is 0.0696. The smallest absolute Gasteiger partial charge is 0.335 e. The highest BCUT2D eigenvalue weighted by atomic mass is 32.2. The van der Waals surface area contributed by atoms with Gasteiger partial charge in [0.15, 0.2) is 0 Å². The van der Waals surface area contributed by atoms with Crippen LogP contribution in [0.4, 0.5) is 5.69 Å². The van der Waals surface area contributed by atoms with Gasteiger partial charge in [-0.2, -0.15) is 0 Å². The van der Waals surface area contributed by atoms with Gasteiger partial charge in [-0.15, -0.1) is 0 Å². The van der Waals surface area contributed by atoms with Crippen molar-refractivity contribution in [1.29, 1.82) is 0 Å². The number of aromatic nitrogens is 3. The normalized spacial score (nSPS) is 11.4. The summed E-state index contributed by atoms with van der Waals surface area (Å²) in [4.78, 5) is 23.7. The van der Waals surface area contributed by atoms with E-state index < -0.39 is 21.9 Å². The van der Waals surface area contributed by atoms with Crippen LogP contribution in [0.25, 0.3) is 33.2 Å². The van der Waals surface area contributed by atoms with Gasteiger partial charge >= 0.3 is 5.97 Å². The number of pyridine rings is 3. The quantitative estimate of drug-likeness (QED) is 0.244. The summed E-state index contributed by atoms with van der Waals surface area (Å²) < 4.78 is 28.2. The zero-order valence-corrected chi connectivity index (χ0v) is 20.6. The number of carboxylic acid groups (broad SMARTS) is 1. The zero-order chi connectivity index (χ0) is 26.9. The third-order valence-corrected chi connectivity index (χ3v) is 7.28. The van der Waals surface area contributed by atoms with E-state index in [4.69, 9.17) is 5.73 Å². The van der Waals surface area contributed by atoms with Crippen LogP contribution in [0.2, 0.25) is 0 Å². The SMILES string of the molecule is NCc1cncc(-c2ccnc3ccc(-c4cnc(O)c(NS(=O)(=O)c5cccc(C(=O)O)c5)c4)cc23)c1. The first-order chi connectivity index (χ1) is 18.2. The number of nitrogens with two attached hydrogens (primary N) is 1. The summed E-state index contributed by atoms with van der Waals surface area (Å²) in [5.74, 6) is -1.79. The maximum atomic E-state index is 12.9. The molecular weight excluding hydrogens is 506 g/mol. The minimum atomic E-state index is -4.22. The molecule has 0 unspecified atom stereocenters. The molecule has 5 rings (SSSR count). The summed E-state index contributed by atoms with van der Waals surface area (Å²) in [7, 11) is -4.22. The Morgan fingerprint density at radius 3 is 2.55 bits per heavy atom. The number of benzene rings is 2. The molecule has 0 spiro atoms. The molecule has 0 amide bonds. The van der Waals surface area contributed by atoms with E-state index in [2.05, 4.69) is 19.7 Å². The van der Waals surface area contributed by atoms with Crippen LogP contribution in [0.1, 0.15) is 15.9 Å². The van der Waals surface area contributed by atoms with Crippen LogP contribution >= 0.6 is 0 Å². The Balaban J connectivity index is 1.54. The van der Waals surface area contributed by atoms with Gasteiger partial charge in [0.05, 0.1) is 16.0 Å². The summed E-state index contributed by atoms with van der Waals surface area (Å²) in [6.45, 7) is 0.355. The molecular formula is C27H21N5O5S. The molecule has 10 nitrogen and oxygen atoms in total. The second-order valence-electron chi connectivity index (χ2n) is 8.41. The summed E-state index contributed by atoms with van der Waals surface area (Å²) >= 11 is 0. The number of carboxylic acids is 1. The zero-order valence-electron chi connectivity index (χ0n) is 19.7. The van der Waals surface area contributed by atoms with E-state index in [0.29, 0.717) is 17.7 Å². The monoisotopic (exact) mass is 527 g/mol. The van der Waals surface area contributed by atoms with Crippen LogP contribution in [-0.2, 0) is 16.6 Å². The molecule has 0 saturated carbocycles. The number of fused-ring (bicyclic) bond motifs is 1. The molecule has 0 saturated heterocycles. The lowest BCUT2D eigenvalue weighted by Gasteiger charge is -2.12. The highest BCUT2D eigenvalue weighted by Gasteiger charge is 2.19. The second kappa shape index (κ2) is 9.88. The third-order valence-electron chi connectivity index (χ3n) is 5.92.